The third-order valence-electron chi connectivity index (χ3n) is 3.02. The van der Waals surface area contributed by atoms with Gasteiger partial charge >= 0.3 is 6.61 Å². The van der Waals surface area contributed by atoms with E-state index in [1.807, 2.05) is 0 Å². The van der Waals surface area contributed by atoms with E-state index in [1.54, 1.807) is 18.2 Å². The summed E-state index contributed by atoms with van der Waals surface area (Å²) in [6.07, 6.45) is 5.92. The molecule has 1 saturated carbocycles. The molecule has 0 amide bonds. The van der Waals surface area contributed by atoms with Crippen LogP contribution in [0.2, 0.25) is 0 Å². The van der Waals surface area contributed by atoms with Crippen LogP contribution in [0.5, 0.6) is 11.5 Å². The first-order chi connectivity index (χ1) is 8.69. The molecule has 0 atom stereocenters. The Labute approximate surface area is 105 Å². The Kier molecular flexibility index (Phi) is 4.18. The van der Waals surface area contributed by atoms with Gasteiger partial charge in [-0.3, -0.25) is 0 Å². The van der Waals surface area contributed by atoms with Crippen molar-refractivity contribution in [1.29, 1.82) is 0 Å². The zero-order valence-corrected chi connectivity index (χ0v) is 10.1. The highest BCUT2D eigenvalue weighted by molar-refractivity contribution is 5.54. The lowest BCUT2D eigenvalue weighted by molar-refractivity contribution is -0.0520. The van der Waals surface area contributed by atoms with Gasteiger partial charge in [0.05, 0.1) is 6.10 Å². The van der Waals surface area contributed by atoms with Gasteiger partial charge in [-0.15, -0.1) is 0 Å². The van der Waals surface area contributed by atoms with Gasteiger partial charge < -0.3 is 9.47 Å². The van der Waals surface area contributed by atoms with Crippen molar-refractivity contribution in [3.8, 4) is 11.5 Å². The Balaban J connectivity index is 2.19. The minimum atomic E-state index is -2.84. The van der Waals surface area contributed by atoms with Crippen LogP contribution in [0.3, 0.4) is 0 Å². The Hall–Kier alpha value is -1.58. The molecule has 0 aromatic heterocycles. The van der Waals surface area contributed by atoms with Gasteiger partial charge in [-0.1, -0.05) is 18.7 Å². The lowest BCUT2D eigenvalue weighted by Crippen LogP contribution is -2.13. The number of benzene rings is 1. The quantitative estimate of drug-likeness (QED) is 0.782. The van der Waals surface area contributed by atoms with E-state index in [4.69, 9.17) is 4.74 Å². The SMILES string of the molecule is C=Cc1ccc(OC(F)F)c(OC2CCCC2)c1. The van der Waals surface area contributed by atoms with Crippen LogP contribution in [0.4, 0.5) is 8.78 Å². The number of alkyl halides is 2. The molecular formula is C14H16F2O2. The smallest absolute Gasteiger partial charge is 0.387 e. The van der Waals surface area contributed by atoms with Crippen molar-refractivity contribution < 1.29 is 18.3 Å². The van der Waals surface area contributed by atoms with Gasteiger partial charge in [-0.2, -0.15) is 8.78 Å². The highest BCUT2D eigenvalue weighted by atomic mass is 19.3. The predicted molar refractivity (Wildman–Crippen MR) is 66.0 cm³/mol. The fraction of sp³-hybridized carbons (Fsp3) is 0.429. The average Bonchev–Trinajstić information content (AvgIpc) is 2.83. The molecular weight excluding hydrogens is 238 g/mol. The molecule has 0 saturated heterocycles. The van der Waals surface area contributed by atoms with Gasteiger partial charge in [-0.25, -0.2) is 0 Å². The first kappa shape index (κ1) is 12.9. The summed E-state index contributed by atoms with van der Waals surface area (Å²) >= 11 is 0. The van der Waals surface area contributed by atoms with Crippen LogP contribution < -0.4 is 9.47 Å². The second-order valence-corrected chi connectivity index (χ2v) is 4.31. The molecule has 2 nitrogen and oxygen atoms in total. The van der Waals surface area contributed by atoms with E-state index in [9.17, 15) is 8.78 Å². The first-order valence-electron chi connectivity index (χ1n) is 6.07. The van der Waals surface area contributed by atoms with Crippen LogP contribution in [0.15, 0.2) is 24.8 Å². The summed E-state index contributed by atoms with van der Waals surface area (Å²) in [7, 11) is 0. The Morgan fingerprint density at radius 3 is 2.56 bits per heavy atom. The van der Waals surface area contributed by atoms with Crippen LogP contribution in [0, 0.1) is 0 Å². The van der Waals surface area contributed by atoms with Crippen molar-refractivity contribution in [2.45, 2.75) is 38.4 Å². The van der Waals surface area contributed by atoms with Crippen molar-refractivity contribution in [2.75, 3.05) is 0 Å². The Bertz CT molecular complexity index is 412. The summed E-state index contributed by atoms with van der Waals surface area (Å²) in [4.78, 5) is 0. The normalized spacial score (nSPS) is 15.9. The molecule has 0 heterocycles. The fourth-order valence-electron chi connectivity index (χ4n) is 2.12. The number of hydrogen-bond donors (Lipinski definition) is 0. The molecule has 4 heteroatoms. The van der Waals surface area contributed by atoms with Crippen molar-refractivity contribution in [3.63, 3.8) is 0 Å². The average molecular weight is 254 g/mol. The van der Waals surface area contributed by atoms with E-state index < -0.39 is 6.61 Å². The summed E-state index contributed by atoms with van der Waals surface area (Å²) in [6, 6.07) is 4.85. The van der Waals surface area contributed by atoms with Crippen LogP contribution in [0.25, 0.3) is 6.08 Å². The Morgan fingerprint density at radius 2 is 1.94 bits per heavy atom. The maximum Gasteiger partial charge on any atom is 0.387 e. The molecule has 1 aliphatic carbocycles. The van der Waals surface area contributed by atoms with Gasteiger partial charge in [0.1, 0.15) is 0 Å². The zero-order valence-electron chi connectivity index (χ0n) is 10.1. The number of halogens is 2. The number of rotatable bonds is 5. The third kappa shape index (κ3) is 3.22. The summed E-state index contributed by atoms with van der Waals surface area (Å²) < 4.78 is 34.8. The molecule has 1 aromatic rings. The van der Waals surface area contributed by atoms with Crippen molar-refractivity contribution in [3.05, 3.63) is 30.3 Å². The van der Waals surface area contributed by atoms with Crippen molar-refractivity contribution in [1.82, 2.24) is 0 Å². The molecule has 1 aliphatic rings. The van der Waals surface area contributed by atoms with Gasteiger partial charge in [0, 0.05) is 0 Å². The van der Waals surface area contributed by atoms with E-state index in [0.29, 0.717) is 5.75 Å². The molecule has 0 N–H and O–H groups in total. The van der Waals surface area contributed by atoms with Gasteiger partial charge in [0.25, 0.3) is 0 Å². The maximum atomic E-state index is 12.3. The second-order valence-electron chi connectivity index (χ2n) is 4.31. The topological polar surface area (TPSA) is 18.5 Å². The highest BCUT2D eigenvalue weighted by Crippen LogP contribution is 2.33. The monoisotopic (exact) mass is 254 g/mol. The molecule has 2 rings (SSSR count). The molecule has 0 aliphatic heterocycles. The zero-order chi connectivity index (χ0) is 13.0. The third-order valence-corrected chi connectivity index (χ3v) is 3.02. The summed E-state index contributed by atoms with van der Waals surface area (Å²) in [5, 5.41) is 0. The summed E-state index contributed by atoms with van der Waals surface area (Å²) in [5.74, 6) is 0.460. The van der Waals surface area contributed by atoms with Crippen LogP contribution in [-0.4, -0.2) is 12.7 Å². The number of ether oxygens (including phenoxy) is 2. The van der Waals surface area contributed by atoms with Gasteiger partial charge in [-0.05, 0) is 43.4 Å². The minimum Gasteiger partial charge on any atom is -0.487 e. The largest absolute Gasteiger partial charge is 0.487 e. The van der Waals surface area contributed by atoms with Crippen LogP contribution in [0.1, 0.15) is 31.2 Å². The maximum absolute atomic E-state index is 12.3. The fourth-order valence-corrected chi connectivity index (χ4v) is 2.12. The predicted octanol–water partition coefficient (Wildman–Crippen LogP) is 4.25. The van der Waals surface area contributed by atoms with E-state index in [-0.39, 0.29) is 11.9 Å². The lowest BCUT2D eigenvalue weighted by Gasteiger charge is -2.17. The molecule has 18 heavy (non-hydrogen) atoms. The molecule has 0 radical (unpaired) electrons. The van der Waals surface area contributed by atoms with E-state index in [2.05, 4.69) is 11.3 Å². The summed E-state index contributed by atoms with van der Waals surface area (Å²) in [5.41, 5.74) is 0.824. The van der Waals surface area contributed by atoms with E-state index in [1.165, 1.54) is 6.07 Å². The number of hydrogen-bond acceptors (Lipinski definition) is 2. The molecule has 98 valence electrons. The van der Waals surface area contributed by atoms with Gasteiger partial charge in [0.2, 0.25) is 0 Å². The molecule has 1 aromatic carbocycles. The molecule has 0 bridgehead atoms. The minimum absolute atomic E-state index is 0.0856. The van der Waals surface area contributed by atoms with Crippen LogP contribution in [-0.2, 0) is 0 Å². The van der Waals surface area contributed by atoms with E-state index >= 15 is 0 Å². The standard InChI is InChI=1S/C14H16F2O2/c1-2-10-7-8-12(18-14(15)16)13(9-10)17-11-5-3-4-6-11/h2,7-9,11,14H,1,3-6H2. The van der Waals surface area contributed by atoms with Crippen molar-refractivity contribution >= 4 is 6.08 Å². The summed E-state index contributed by atoms with van der Waals surface area (Å²) in [6.45, 7) is 0.808. The van der Waals surface area contributed by atoms with E-state index in [0.717, 1.165) is 31.2 Å². The Morgan fingerprint density at radius 1 is 1.22 bits per heavy atom. The first-order valence-corrected chi connectivity index (χ1v) is 6.07. The lowest BCUT2D eigenvalue weighted by atomic mass is 10.2. The highest BCUT2D eigenvalue weighted by Gasteiger charge is 2.19. The molecule has 0 unspecified atom stereocenters. The van der Waals surface area contributed by atoms with Crippen LogP contribution >= 0.6 is 0 Å². The molecule has 1 fully saturated rings. The van der Waals surface area contributed by atoms with Crippen molar-refractivity contribution in [2.24, 2.45) is 0 Å². The van der Waals surface area contributed by atoms with Gasteiger partial charge in [0.15, 0.2) is 11.5 Å². The second kappa shape index (κ2) is 5.85. The molecule has 0 spiro atoms.